The first-order valence-corrected chi connectivity index (χ1v) is 3.86. The van der Waals surface area contributed by atoms with Gasteiger partial charge in [-0.05, 0) is 6.42 Å². The third-order valence-electron chi connectivity index (χ3n) is 1.88. The van der Waals surface area contributed by atoms with Crippen LogP contribution in [0, 0.1) is 5.92 Å². The number of aliphatic hydroxyl groups excluding tert-OH is 1. The molecule has 0 aromatic carbocycles. The van der Waals surface area contributed by atoms with Crippen LogP contribution in [-0.4, -0.2) is 17.8 Å². The summed E-state index contributed by atoms with van der Waals surface area (Å²) in [6, 6.07) is 0. The Morgan fingerprint density at radius 1 is 1.73 bits per heavy atom. The van der Waals surface area contributed by atoms with Crippen LogP contribution in [0.15, 0.2) is 24.8 Å². The molecule has 0 radical (unpaired) electrons. The highest BCUT2D eigenvalue weighted by atomic mass is 16.3. The number of allylic oxidation sites excluding steroid dienone is 1. The third kappa shape index (κ3) is 2.87. The minimum atomic E-state index is -0.481. The molecule has 0 bridgehead atoms. The molecule has 2 unspecified atom stereocenters. The minimum absolute atomic E-state index is 0.0671. The molecule has 0 saturated heterocycles. The zero-order chi connectivity index (χ0) is 8.85. The molecule has 0 aliphatic rings. The van der Waals surface area contributed by atoms with Crippen molar-refractivity contribution in [3.63, 3.8) is 0 Å². The van der Waals surface area contributed by atoms with Gasteiger partial charge >= 0.3 is 0 Å². The molecule has 0 fully saturated rings. The number of rotatable bonds is 5. The Bertz CT molecular complexity index is 142. The number of hydrogen-bond acceptors (Lipinski definition) is 2. The maximum Gasteiger partial charge on any atom is 0.0730 e. The van der Waals surface area contributed by atoms with Crippen LogP contribution in [0.25, 0.3) is 0 Å². The van der Waals surface area contributed by atoms with Crippen LogP contribution in [0.2, 0.25) is 0 Å². The first kappa shape index (κ1) is 10.4. The van der Waals surface area contributed by atoms with Gasteiger partial charge in [-0.1, -0.05) is 31.7 Å². The normalized spacial score (nSPS) is 15.5. The van der Waals surface area contributed by atoms with Crippen molar-refractivity contribution in [2.45, 2.75) is 19.4 Å². The Morgan fingerprint density at radius 3 is 2.55 bits per heavy atom. The van der Waals surface area contributed by atoms with Crippen molar-refractivity contribution in [2.75, 3.05) is 6.54 Å². The number of aliphatic hydroxyl groups is 1. The average Bonchev–Trinajstić information content (AvgIpc) is 2.05. The molecule has 0 rings (SSSR count). The molecular formula is C9H17NO. The average molecular weight is 155 g/mol. The molecule has 0 heterocycles. The Morgan fingerprint density at radius 2 is 2.27 bits per heavy atom. The molecule has 0 aromatic heterocycles. The molecule has 2 atom stereocenters. The van der Waals surface area contributed by atoms with Gasteiger partial charge in [0, 0.05) is 12.5 Å². The zero-order valence-electron chi connectivity index (χ0n) is 7.09. The van der Waals surface area contributed by atoms with Gasteiger partial charge in [0.05, 0.1) is 6.10 Å². The maximum absolute atomic E-state index is 9.39. The Hall–Kier alpha value is -0.600. The van der Waals surface area contributed by atoms with Gasteiger partial charge in [0.2, 0.25) is 0 Å². The molecule has 2 nitrogen and oxygen atoms in total. The van der Waals surface area contributed by atoms with Gasteiger partial charge in [-0.3, -0.25) is 0 Å². The SMILES string of the molecule is C=CC(=C)C(CC)C(O)CN. The molecule has 0 aliphatic heterocycles. The van der Waals surface area contributed by atoms with E-state index in [4.69, 9.17) is 5.73 Å². The summed E-state index contributed by atoms with van der Waals surface area (Å²) < 4.78 is 0. The van der Waals surface area contributed by atoms with Crippen molar-refractivity contribution in [1.82, 2.24) is 0 Å². The topological polar surface area (TPSA) is 46.2 Å². The Labute approximate surface area is 68.4 Å². The summed E-state index contributed by atoms with van der Waals surface area (Å²) >= 11 is 0. The second kappa shape index (κ2) is 5.10. The van der Waals surface area contributed by atoms with E-state index in [1.165, 1.54) is 0 Å². The lowest BCUT2D eigenvalue weighted by Gasteiger charge is -2.20. The summed E-state index contributed by atoms with van der Waals surface area (Å²) in [6.07, 6.45) is 2.04. The van der Waals surface area contributed by atoms with E-state index in [-0.39, 0.29) is 12.5 Å². The summed E-state index contributed by atoms with van der Waals surface area (Å²) in [5.41, 5.74) is 6.18. The molecule has 0 aliphatic carbocycles. The van der Waals surface area contributed by atoms with Crippen LogP contribution < -0.4 is 5.73 Å². The second-order valence-corrected chi connectivity index (χ2v) is 2.60. The predicted molar refractivity (Wildman–Crippen MR) is 48.2 cm³/mol. The van der Waals surface area contributed by atoms with Crippen LogP contribution in [0.4, 0.5) is 0 Å². The quantitative estimate of drug-likeness (QED) is 0.583. The first-order valence-electron chi connectivity index (χ1n) is 3.86. The van der Waals surface area contributed by atoms with E-state index in [0.29, 0.717) is 0 Å². The fraction of sp³-hybridized carbons (Fsp3) is 0.556. The standard InChI is InChI=1S/C9H17NO/c1-4-7(3)8(5-2)9(11)6-10/h4,8-9,11H,1,3,5-6,10H2,2H3. The van der Waals surface area contributed by atoms with Crippen molar-refractivity contribution >= 4 is 0 Å². The van der Waals surface area contributed by atoms with Gasteiger partial charge in [-0.25, -0.2) is 0 Å². The van der Waals surface area contributed by atoms with Crippen LogP contribution in [0.1, 0.15) is 13.3 Å². The Kier molecular flexibility index (Phi) is 4.83. The molecule has 2 heteroatoms. The van der Waals surface area contributed by atoms with Gasteiger partial charge < -0.3 is 10.8 Å². The lowest BCUT2D eigenvalue weighted by atomic mass is 9.92. The molecule has 3 N–H and O–H groups in total. The lowest BCUT2D eigenvalue weighted by Crippen LogP contribution is -2.29. The van der Waals surface area contributed by atoms with Crippen molar-refractivity contribution in [1.29, 1.82) is 0 Å². The molecule has 0 saturated carbocycles. The van der Waals surface area contributed by atoms with Crippen molar-refractivity contribution in [3.8, 4) is 0 Å². The highest BCUT2D eigenvalue weighted by Gasteiger charge is 2.16. The maximum atomic E-state index is 9.39. The van der Waals surface area contributed by atoms with E-state index in [1.54, 1.807) is 6.08 Å². The summed E-state index contributed by atoms with van der Waals surface area (Å²) in [6.45, 7) is 9.66. The molecular weight excluding hydrogens is 138 g/mol. The van der Waals surface area contributed by atoms with Gasteiger partial charge in [0.25, 0.3) is 0 Å². The van der Waals surface area contributed by atoms with E-state index in [9.17, 15) is 5.11 Å². The molecule has 0 aromatic rings. The fourth-order valence-electron chi connectivity index (χ4n) is 1.10. The highest BCUT2D eigenvalue weighted by molar-refractivity contribution is 5.16. The molecule has 64 valence electrons. The van der Waals surface area contributed by atoms with Crippen molar-refractivity contribution in [2.24, 2.45) is 11.7 Å². The lowest BCUT2D eigenvalue weighted by molar-refractivity contribution is 0.132. The Balaban J connectivity index is 4.14. The van der Waals surface area contributed by atoms with Gasteiger partial charge in [0.15, 0.2) is 0 Å². The summed E-state index contributed by atoms with van der Waals surface area (Å²) in [7, 11) is 0. The molecule has 0 amide bonds. The van der Waals surface area contributed by atoms with E-state index < -0.39 is 6.10 Å². The van der Waals surface area contributed by atoms with Crippen molar-refractivity contribution < 1.29 is 5.11 Å². The number of hydrogen-bond donors (Lipinski definition) is 2. The van der Waals surface area contributed by atoms with Gasteiger partial charge in [-0.2, -0.15) is 0 Å². The summed E-state index contributed by atoms with van der Waals surface area (Å²) in [5.74, 6) is 0.0671. The number of nitrogens with two attached hydrogens (primary N) is 1. The van der Waals surface area contributed by atoms with Crippen LogP contribution in [-0.2, 0) is 0 Å². The van der Waals surface area contributed by atoms with Crippen LogP contribution in [0.5, 0.6) is 0 Å². The van der Waals surface area contributed by atoms with Crippen molar-refractivity contribution in [3.05, 3.63) is 24.8 Å². The first-order chi connectivity index (χ1) is 5.17. The third-order valence-corrected chi connectivity index (χ3v) is 1.88. The minimum Gasteiger partial charge on any atom is -0.391 e. The van der Waals surface area contributed by atoms with Gasteiger partial charge in [-0.15, -0.1) is 0 Å². The predicted octanol–water partition coefficient (Wildman–Crippen LogP) is 1.07. The van der Waals surface area contributed by atoms with E-state index in [0.717, 1.165) is 12.0 Å². The van der Waals surface area contributed by atoms with E-state index >= 15 is 0 Å². The van der Waals surface area contributed by atoms with Crippen LogP contribution >= 0.6 is 0 Å². The van der Waals surface area contributed by atoms with E-state index in [1.807, 2.05) is 6.92 Å². The smallest absolute Gasteiger partial charge is 0.0730 e. The largest absolute Gasteiger partial charge is 0.391 e. The fourth-order valence-corrected chi connectivity index (χ4v) is 1.10. The highest BCUT2D eigenvalue weighted by Crippen LogP contribution is 2.17. The summed E-state index contributed by atoms with van der Waals surface area (Å²) in [4.78, 5) is 0. The van der Waals surface area contributed by atoms with Gasteiger partial charge in [0.1, 0.15) is 0 Å². The summed E-state index contributed by atoms with van der Waals surface area (Å²) in [5, 5.41) is 9.39. The molecule has 0 spiro atoms. The monoisotopic (exact) mass is 155 g/mol. The van der Waals surface area contributed by atoms with Crippen LogP contribution in [0.3, 0.4) is 0 Å². The van der Waals surface area contributed by atoms with E-state index in [2.05, 4.69) is 13.2 Å². The zero-order valence-corrected chi connectivity index (χ0v) is 7.09. The second-order valence-electron chi connectivity index (χ2n) is 2.60. The molecule has 11 heavy (non-hydrogen) atoms.